The summed E-state index contributed by atoms with van der Waals surface area (Å²) in [5.41, 5.74) is 2.96. The second kappa shape index (κ2) is 12.1. The van der Waals surface area contributed by atoms with Crippen molar-refractivity contribution in [2.45, 2.75) is 137 Å². The van der Waals surface area contributed by atoms with Gasteiger partial charge in [-0.15, -0.1) is 0 Å². The first-order valence-electron chi connectivity index (χ1n) is 19.5. The summed E-state index contributed by atoms with van der Waals surface area (Å²) in [6, 6.07) is 0.710. The Kier molecular flexibility index (Phi) is 8.93. The predicted molar refractivity (Wildman–Crippen MR) is 193 cm³/mol. The normalized spacial score (nSPS) is 47.9. The van der Waals surface area contributed by atoms with Crippen molar-refractivity contribution >= 4 is 17.7 Å². The van der Waals surface area contributed by atoms with E-state index in [1.165, 1.54) is 93.5 Å². The van der Waals surface area contributed by atoms with Gasteiger partial charge in [0, 0.05) is 42.7 Å². The van der Waals surface area contributed by atoms with Gasteiger partial charge in [-0.05, 0) is 140 Å². The lowest BCUT2D eigenvalue weighted by Gasteiger charge is -2.72. The molecule has 0 amide bonds. The molecule has 1 saturated heterocycles. The molecular formula is C41H65FN2O2S. The second-order valence-corrected chi connectivity index (χ2v) is 20.1. The van der Waals surface area contributed by atoms with Gasteiger partial charge in [0.15, 0.2) is 0 Å². The van der Waals surface area contributed by atoms with Crippen molar-refractivity contribution in [3.63, 3.8) is 0 Å². The molecule has 4 nitrogen and oxygen atoms in total. The van der Waals surface area contributed by atoms with Gasteiger partial charge < -0.3 is 10.4 Å². The van der Waals surface area contributed by atoms with Crippen LogP contribution in [0.15, 0.2) is 23.3 Å². The zero-order valence-corrected chi connectivity index (χ0v) is 31.4. The molecule has 0 spiro atoms. The van der Waals surface area contributed by atoms with Crippen LogP contribution in [0.2, 0.25) is 0 Å². The van der Waals surface area contributed by atoms with Crippen LogP contribution in [0.3, 0.4) is 0 Å². The van der Waals surface area contributed by atoms with E-state index in [1.54, 1.807) is 0 Å². The monoisotopic (exact) mass is 668 g/mol. The van der Waals surface area contributed by atoms with E-state index in [0.717, 1.165) is 30.7 Å². The Morgan fingerprint density at radius 2 is 1.77 bits per heavy atom. The third kappa shape index (κ3) is 5.12. The lowest BCUT2D eigenvalue weighted by atomic mass is 9.33. The quantitative estimate of drug-likeness (QED) is 0.283. The Bertz CT molecular complexity index is 1300. The van der Waals surface area contributed by atoms with Crippen LogP contribution >= 0.6 is 11.8 Å². The number of carbonyl (C=O) groups is 1. The first kappa shape index (κ1) is 34.6. The molecule has 4 saturated carbocycles. The summed E-state index contributed by atoms with van der Waals surface area (Å²) in [5.74, 6) is 4.61. The van der Waals surface area contributed by atoms with E-state index in [1.807, 2.05) is 0 Å². The summed E-state index contributed by atoms with van der Waals surface area (Å²) in [6.45, 7) is 18.4. The van der Waals surface area contributed by atoms with Gasteiger partial charge in [0.05, 0.1) is 5.41 Å². The van der Waals surface area contributed by atoms with Crippen molar-refractivity contribution < 1.29 is 14.3 Å². The Morgan fingerprint density at radius 1 is 0.957 bits per heavy atom. The molecule has 0 radical (unpaired) electrons. The highest BCUT2D eigenvalue weighted by Gasteiger charge is 2.69. The fourth-order valence-electron chi connectivity index (χ4n) is 14.1. The summed E-state index contributed by atoms with van der Waals surface area (Å²) < 4.78 is 13.9. The van der Waals surface area contributed by atoms with Crippen LogP contribution in [0.1, 0.15) is 125 Å². The number of fused-ring (bicyclic) bond motifs is 7. The lowest BCUT2D eigenvalue weighted by molar-refractivity contribution is -0.218. The Morgan fingerprint density at radius 3 is 2.47 bits per heavy atom. The number of thioether (sulfide) groups is 1. The van der Waals surface area contributed by atoms with Crippen LogP contribution in [-0.4, -0.2) is 65.4 Å². The molecule has 2 N–H and O–H groups in total. The molecular weight excluding hydrogens is 604 g/mol. The van der Waals surface area contributed by atoms with Crippen LogP contribution < -0.4 is 5.32 Å². The molecule has 6 aliphatic carbocycles. The van der Waals surface area contributed by atoms with Crippen molar-refractivity contribution in [2.75, 3.05) is 37.8 Å². The molecule has 6 heteroatoms. The fourth-order valence-corrected chi connectivity index (χ4v) is 15.2. The highest BCUT2D eigenvalue weighted by atomic mass is 32.2. The maximum atomic E-state index is 13.9. The van der Waals surface area contributed by atoms with Crippen molar-refractivity contribution in [1.29, 1.82) is 0 Å². The van der Waals surface area contributed by atoms with E-state index in [-0.39, 0.29) is 10.8 Å². The van der Waals surface area contributed by atoms with E-state index < -0.39 is 18.1 Å². The third-order valence-electron chi connectivity index (χ3n) is 17.0. The van der Waals surface area contributed by atoms with Crippen molar-refractivity contribution in [3.8, 4) is 0 Å². The van der Waals surface area contributed by atoms with Gasteiger partial charge in [-0.1, -0.05) is 53.2 Å². The van der Waals surface area contributed by atoms with Gasteiger partial charge >= 0.3 is 5.97 Å². The van der Waals surface area contributed by atoms with Crippen LogP contribution in [-0.2, 0) is 4.79 Å². The Balaban J connectivity index is 1.10. The molecule has 10 atom stereocenters. The molecule has 5 fully saturated rings. The Hall–Kier alpha value is -0.850. The number of carboxylic acids is 1. The number of nitrogens with zero attached hydrogens (tertiary/aromatic N) is 1. The number of aliphatic carboxylic acids is 1. The average molecular weight is 669 g/mol. The summed E-state index contributed by atoms with van der Waals surface area (Å²) in [4.78, 5) is 14.7. The van der Waals surface area contributed by atoms with E-state index in [9.17, 15) is 14.3 Å². The Labute approximate surface area is 289 Å². The minimum absolute atomic E-state index is 0.0402. The third-order valence-corrected chi connectivity index (χ3v) is 18.2. The molecule has 7 rings (SSSR count). The largest absolute Gasteiger partial charge is 0.481 e. The number of hydrogen-bond acceptors (Lipinski definition) is 4. The molecule has 3 unspecified atom stereocenters. The number of carboxylic acid groups (broad SMARTS) is 1. The van der Waals surface area contributed by atoms with Crippen LogP contribution in [0.4, 0.5) is 4.39 Å². The maximum Gasteiger partial charge on any atom is 0.312 e. The maximum absolute atomic E-state index is 13.9. The van der Waals surface area contributed by atoms with Crippen LogP contribution in [0.5, 0.6) is 0 Å². The summed E-state index contributed by atoms with van der Waals surface area (Å²) in [6.07, 6.45) is 19.5. The average Bonchev–Trinajstić information content (AvgIpc) is 3.46. The second-order valence-electron chi connectivity index (χ2n) is 18.9. The predicted octanol–water partition coefficient (Wildman–Crippen LogP) is 9.31. The lowest BCUT2D eigenvalue weighted by Crippen LogP contribution is -2.67. The van der Waals surface area contributed by atoms with Gasteiger partial charge in [-0.25, -0.2) is 4.39 Å². The molecule has 1 heterocycles. The van der Waals surface area contributed by atoms with Gasteiger partial charge in [-0.3, -0.25) is 9.69 Å². The van der Waals surface area contributed by atoms with Crippen molar-refractivity contribution in [1.82, 2.24) is 10.2 Å². The molecule has 0 aromatic carbocycles. The van der Waals surface area contributed by atoms with E-state index in [2.05, 4.69) is 75.7 Å². The molecule has 47 heavy (non-hydrogen) atoms. The molecule has 264 valence electrons. The standard InChI is InChI=1S/C41H65FN2O2S/c1-28-26-47-25-24-44(28)23-22-43-41-15-7-8-32(41)31-9-10-34-37(4)16-13-30(29-11-18-40(27-42,19-12-29)35(45)46)36(2,3)33(37)14-17-39(34,6)38(31,5)20-21-41/h11,13,28,31-34,43H,7-10,12,14-27H2,1-6H3,(H,45,46)/t28?,31-,32-,33?,34?,37+,38-,39-,40-,41+/m1/s1. The molecule has 0 bridgehead atoms. The first-order valence-corrected chi connectivity index (χ1v) is 20.7. The summed E-state index contributed by atoms with van der Waals surface area (Å²) >= 11 is 2.12. The molecule has 0 aromatic heterocycles. The first-order chi connectivity index (χ1) is 22.3. The van der Waals surface area contributed by atoms with E-state index >= 15 is 0 Å². The topological polar surface area (TPSA) is 52.6 Å². The highest BCUT2D eigenvalue weighted by Crippen LogP contribution is 2.76. The SMILES string of the molecule is CC1CSCCN1CCN[C@]12CCC[C@@H]1[C@H]1CCC3[C@@]4(C)CC=C(C5=CC[C@@](CF)(C(=O)O)CC5)C(C)(C)C4CC[C@@]3(C)[C@]1(C)CC2. The zero-order valence-electron chi connectivity index (χ0n) is 30.6. The van der Waals surface area contributed by atoms with E-state index in [0.29, 0.717) is 47.6 Å². The number of alkyl halides is 1. The number of rotatable bonds is 7. The zero-order chi connectivity index (χ0) is 33.5. The van der Waals surface area contributed by atoms with Crippen LogP contribution in [0.25, 0.3) is 0 Å². The van der Waals surface area contributed by atoms with Crippen LogP contribution in [0, 0.1) is 50.7 Å². The van der Waals surface area contributed by atoms with E-state index in [4.69, 9.17) is 0 Å². The number of nitrogens with one attached hydrogen (secondary N) is 1. The number of halogens is 1. The minimum Gasteiger partial charge on any atom is -0.481 e. The van der Waals surface area contributed by atoms with Gasteiger partial charge in [0.1, 0.15) is 6.67 Å². The van der Waals surface area contributed by atoms with Crippen molar-refractivity contribution in [2.24, 2.45) is 50.7 Å². The van der Waals surface area contributed by atoms with Gasteiger partial charge in [0.25, 0.3) is 0 Å². The van der Waals surface area contributed by atoms with Gasteiger partial charge in [0.2, 0.25) is 0 Å². The van der Waals surface area contributed by atoms with Gasteiger partial charge in [-0.2, -0.15) is 11.8 Å². The summed E-state index contributed by atoms with van der Waals surface area (Å²) in [7, 11) is 0. The van der Waals surface area contributed by atoms with Crippen molar-refractivity contribution in [3.05, 3.63) is 23.3 Å². The molecule has 0 aromatic rings. The number of allylic oxidation sites excluding steroid dienone is 4. The summed E-state index contributed by atoms with van der Waals surface area (Å²) in [5, 5.41) is 14.1. The fraction of sp³-hybridized carbons (Fsp3) is 0.878. The number of hydrogen-bond donors (Lipinski definition) is 2. The minimum atomic E-state index is -1.23. The molecule has 7 aliphatic rings. The highest BCUT2D eigenvalue weighted by molar-refractivity contribution is 7.99. The smallest absolute Gasteiger partial charge is 0.312 e. The molecule has 1 aliphatic heterocycles.